The number of methoxy groups -OCH3 is 2. The smallest absolute Gasteiger partial charge is 0.236 e. The van der Waals surface area contributed by atoms with Crippen molar-refractivity contribution in [2.24, 2.45) is 5.73 Å². The second-order valence-corrected chi connectivity index (χ2v) is 4.19. The summed E-state index contributed by atoms with van der Waals surface area (Å²) >= 11 is 0. The number of carbonyl (C=O) groups excluding carboxylic acids is 1. The van der Waals surface area contributed by atoms with Gasteiger partial charge < -0.3 is 15.2 Å². The van der Waals surface area contributed by atoms with Gasteiger partial charge in [-0.05, 0) is 19.8 Å². The monoisotopic (exact) mass is 268 g/mol. The maximum Gasteiger partial charge on any atom is 0.236 e. The second kappa shape index (κ2) is 7.52. The first-order valence-corrected chi connectivity index (χ1v) is 6.07. The van der Waals surface area contributed by atoms with Crippen LogP contribution in [0.1, 0.15) is 26.2 Å². The summed E-state index contributed by atoms with van der Waals surface area (Å²) in [6, 6.07) is 1.63. The summed E-state index contributed by atoms with van der Waals surface area (Å²) in [5, 5.41) is 2.60. The first-order chi connectivity index (χ1) is 9.05. The number of nitrogens with two attached hydrogens (primary N) is 1. The highest BCUT2D eigenvalue weighted by molar-refractivity contribution is 5.88. The van der Waals surface area contributed by atoms with Crippen molar-refractivity contribution in [3.8, 4) is 11.8 Å². The minimum atomic E-state index is -0.157. The van der Waals surface area contributed by atoms with E-state index >= 15 is 0 Å². The summed E-state index contributed by atoms with van der Waals surface area (Å²) < 4.78 is 9.99. The van der Waals surface area contributed by atoms with E-state index in [2.05, 4.69) is 15.3 Å². The molecule has 1 atom stereocenters. The van der Waals surface area contributed by atoms with Gasteiger partial charge in [-0.25, -0.2) is 0 Å². The van der Waals surface area contributed by atoms with Crippen molar-refractivity contribution in [3.63, 3.8) is 0 Å². The molecule has 1 aromatic heterocycles. The van der Waals surface area contributed by atoms with Crippen LogP contribution in [-0.2, 0) is 4.79 Å². The van der Waals surface area contributed by atoms with Gasteiger partial charge in [-0.15, -0.1) is 0 Å². The van der Waals surface area contributed by atoms with Gasteiger partial charge in [0.05, 0.1) is 20.3 Å². The van der Waals surface area contributed by atoms with Gasteiger partial charge in [0, 0.05) is 12.5 Å². The van der Waals surface area contributed by atoms with Crippen molar-refractivity contribution in [2.75, 3.05) is 19.5 Å². The van der Waals surface area contributed by atoms with Gasteiger partial charge in [-0.3, -0.25) is 10.1 Å². The normalized spacial score (nSPS) is 11.8. The van der Waals surface area contributed by atoms with E-state index in [1.165, 1.54) is 20.3 Å². The Morgan fingerprint density at radius 2 is 1.95 bits per heavy atom. The van der Waals surface area contributed by atoms with Crippen LogP contribution < -0.4 is 20.5 Å². The molecular weight excluding hydrogens is 248 g/mol. The van der Waals surface area contributed by atoms with E-state index in [1.54, 1.807) is 0 Å². The highest BCUT2D eigenvalue weighted by Crippen LogP contribution is 2.17. The molecule has 0 spiro atoms. The zero-order chi connectivity index (χ0) is 14.3. The van der Waals surface area contributed by atoms with Gasteiger partial charge >= 0.3 is 0 Å². The molecule has 0 saturated heterocycles. The van der Waals surface area contributed by atoms with Crippen LogP contribution in [0.5, 0.6) is 11.8 Å². The maximum atomic E-state index is 11.7. The van der Waals surface area contributed by atoms with Crippen molar-refractivity contribution in [2.45, 2.75) is 32.2 Å². The number of nitrogens with zero attached hydrogens (tertiary/aromatic N) is 2. The van der Waals surface area contributed by atoms with Crippen molar-refractivity contribution >= 4 is 11.9 Å². The summed E-state index contributed by atoms with van der Waals surface area (Å²) in [5.74, 6) is 0.674. The summed E-state index contributed by atoms with van der Waals surface area (Å²) in [4.78, 5) is 19.7. The third-order valence-electron chi connectivity index (χ3n) is 2.41. The first kappa shape index (κ1) is 15.2. The molecule has 1 amide bonds. The molecule has 0 aromatic carbocycles. The molecule has 1 rings (SSSR count). The van der Waals surface area contributed by atoms with E-state index in [9.17, 15) is 4.79 Å². The Morgan fingerprint density at radius 1 is 1.37 bits per heavy atom. The maximum absolute atomic E-state index is 11.7. The summed E-state index contributed by atoms with van der Waals surface area (Å²) in [6.45, 7) is 1.91. The third-order valence-corrected chi connectivity index (χ3v) is 2.41. The van der Waals surface area contributed by atoms with Crippen LogP contribution in [0.4, 0.5) is 5.95 Å². The second-order valence-electron chi connectivity index (χ2n) is 4.19. The quantitative estimate of drug-likeness (QED) is 0.763. The van der Waals surface area contributed by atoms with E-state index in [0.29, 0.717) is 18.2 Å². The van der Waals surface area contributed by atoms with E-state index < -0.39 is 0 Å². The number of anilines is 1. The largest absolute Gasteiger partial charge is 0.481 e. The molecule has 0 aliphatic rings. The van der Waals surface area contributed by atoms with Gasteiger partial charge in [-0.1, -0.05) is 0 Å². The van der Waals surface area contributed by atoms with Crippen molar-refractivity contribution in [1.29, 1.82) is 0 Å². The Morgan fingerprint density at radius 3 is 2.42 bits per heavy atom. The number of amides is 1. The lowest BCUT2D eigenvalue weighted by atomic mass is 10.1. The highest BCUT2D eigenvalue weighted by atomic mass is 16.5. The number of rotatable bonds is 7. The molecule has 0 fully saturated rings. The molecular formula is C12H20N4O3. The molecule has 106 valence electrons. The zero-order valence-electron chi connectivity index (χ0n) is 11.5. The fourth-order valence-electron chi connectivity index (χ4n) is 1.44. The number of hydrogen-bond donors (Lipinski definition) is 2. The van der Waals surface area contributed by atoms with Crippen LogP contribution in [0.15, 0.2) is 6.07 Å². The number of nitrogens with one attached hydrogen (secondary N) is 1. The Hall–Kier alpha value is -1.89. The first-order valence-electron chi connectivity index (χ1n) is 6.07. The zero-order valence-corrected chi connectivity index (χ0v) is 11.5. The van der Waals surface area contributed by atoms with Gasteiger partial charge in [0.1, 0.15) is 0 Å². The van der Waals surface area contributed by atoms with E-state index in [4.69, 9.17) is 15.2 Å². The third kappa shape index (κ3) is 5.52. The van der Waals surface area contributed by atoms with Crippen LogP contribution in [0.25, 0.3) is 0 Å². The van der Waals surface area contributed by atoms with Crippen molar-refractivity contribution in [3.05, 3.63) is 6.07 Å². The molecule has 7 heteroatoms. The molecule has 1 unspecified atom stereocenters. The lowest BCUT2D eigenvalue weighted by Gasteiger charge is -2.08. The van der Waals surface area contributed by atoms with E-state index in [1.807, 2.05) is 6.92 Å². The molecule has 0 radical (unpaired) electrons. The number of aromatic nitrogens is 2. The minimum absolute atomic E-state index is 0.0981. The van der Waals surface area contributed by atoms with Crippen LogP contribution in [0, 0.1) is 0 Å². The van der Waals surface area contributed by atoms with E-state index in [0.717, 1.165) is 12.8 Å². The topological polar surface area (TPSA) is 99.4 Å². The fraction of sp³-hybridized carbons (Fsp3) is 0.583. The lowest BCUT2D eigenvalue weighted by Crippen LogP contribution is -2.17. The van der Waals surface area contributed by atoms with Crippen LogP contribution in [0.3, 0.4) is 0 Å². The predicted octanol–water partition coefficient (Wildman–Crippen LogP) is 0.950. The molecule has 0 saturated carbocycles. The van der Waals surface area contributed by atoms with Crippen LogP contribution in [0.2, 0.25) is 0 Å². The van der Waals surface area contributed by atoms with Gasteiger partial charge in [-0.2, -0.15) is 9.97 Å². The fourth-order valence-corrected chi connectivity index (χ4v) is 1.44. The van der Waals surface area contributed by atoms with Gasteiger partial charge in [0.2, 0.25) is 23.6 Å². The predicted molar refractivity (Wildman–Crippen MR) is 71.3 cm³/mol. The molecule has 0 aliphatic heterocycles. The van der Waals surface area contributed by atoms with Crippen LogP contribution in [-0.4, -0.2) is 36.1 Å². The average Bonchev–Trinajstić information content (AvgIpc) is 2.37. The number of hydrogen-bond acceptors (Lipinski definition) is 6. The molecule has 19 heavy (non-hydrogen) atoms. The van der Waals surface area contributed by atoms with E-state index in [-0.39, 0.29) is 17.9 Å². The van der Waals surface area contributed by atoms with Crippen molar-refractivity contribution < 1.29 is 14.3 Å². The Balaban J connectivity index is 2.58. The van der Waals surface area contributed by atoms with Gasteiger partial charge in [0.15, 0.2) is 0 Å². The molecule has 0 aliphatic carbocycles. The Kier molecular flexibility index (Phi) is 6.01. The van der Waals surface area contributed by atoms with Gasteiger partial charge in [0.25, 0.3) is 0 Å². The summed E-state index contributed by atoms with van der Waals surface area (Å²) in [7, 11) is 2.96. The number of carbonyl (C=O) groups is 1. The number of ether oxygens (including phenoxy) is 2. The summed E-state index contributed by atoms with van der Waals surface area (Å²) in [5.41, 5.74) is 5.62. The standard InChI is InChI=1S/C12H20N4O3/c1-8(13)5-4-6-9(17)14-12-15-10(18-2)7-11(16-12)19-3/h7-8H,4-6,13H2,1-3H3,(H,14,15,16,17). The minimum Gasteiger partial charge on any atom is -0.481 e. The molecule has 1 aromatic rings. The molecule has 1 heterocycles. The summed E-state index contributed by atoms with van der Waals surface area (Å²) in [6.07, 6.45) is 1.91. The molecule has 3 N–H and O–H groups in total. The lowest BCUT2D eigenvalue weighted by molar-refractivity contribution is -0.116. The molecule has 0 bridgehead atoms. The SMILES string of the molecule is COc1cc(OC)nc(NC(=O)CCCC(C)N)n1. The Labute approximate surface area is 112 Å². The van der Waals surface area contributed by atoms with Crippen molar-refractivity contribution in [1.82, 2.24) is 9.97 Å². The van der Waals surface area contributed by atoms with Crippen LogP contribution >= 0.6 is 0 Å². The Bertz CT molecular complexity index is 401. The highest BCUT2D eigenvalue weighted by Gasteiger charge is 2.09. The average molecular weight is 268 g/mol. The molecule has 7 nitrogen and oxygen atoms in total.